The molecule has 28 heavy (non-hydrogen) atoms. The molecule has 1 amide bonds. The number of rotatable bonds is 3. The Labute approximate surface area is 159 Å². The maximum Gasteiger partial charge on any atom is 0.416 e. The molecule has 2 aromatic carbocycles. The molecule has 0 spiro atoms. The van der Waals surface area contributed by atoms with E-state index in [1.54, 1.807) is 6.07 Å². The molecule has 1 aliphatic heterocycles. The van der Waals surface area contributed by atoms with Gasteiger partial charge in [-0.25, -0.2) is 4.98 Å². The predicted octanol–water partition coefficient (Wildman–Crippen LogP) is 5.05. The smallest absolute Gasteiger partial charge is 0.326 e. The second-order valence-electron chi connectivity index (χ2n) is 6.47. The molecular weight excluding hydrogens is 367 g/mol. The first-order chi connectivity index (χ1) is 13.4. The summed E-state index contributed by atoms with van der Waals surface area (Å²) in [6.07, 6.45) is -2.05. The number of carbonyl (C=O) groups is 1. The lowest BCUT2D eigenvalue weighted by Crippen LogP contribution is -2.17. The number of benzene rings is 2. The van der Waals surface area contributed by atoms with Gasteiger partial charge in [-0.1, -0.05) is 24.3 Å². The highest BCUT2D eigenvalue weighted by Gasteiger charge is 2.30. The number of pyridine rings is 1. The van der Waals surface area contributed by atoms with E-state index in [0.29, 0.717) is 11.4 Å². The van der Waals surface area contributed by atoms with Crippen LogP contribution in [0.4, 0.5) is 30.4 Å². The van der Waals surface area contributed by atoms with E-state index in [9.17, 15) is 18.0 Å². The summed E-state index contributed by atoms with van der Waals surface area (Å²) in [5.74, 6) is 0.136. The van der Waals surface area contributed by atoms with Gasteiger partial charge in [0.25, 0.3) is 5.91 Å². The third kappa shape index (κ3) is 3.55. The SMILES string of the molecule is O=C(Nc1cccc(C(F)(F)F)c1)c1ccnc(N2CCc3ccccc32)c1. The van der Waals surface area contributed by atoms with Gasteiger partial charge in [0.05, 0.1) is 5.56 Å². The Morgan fingerprint density at radius 3 is 2.68 bits per heavy atom. The topological polar surface area (TPSA) is 45.2 Å². The lowest BCUT2D eigenvalue weighted by Gasteiger charge is -2.19. The van der Waals surface area contributed by atoms with Gasteiger partial charge in [0, 0.05) is 29.7 Å². The Morgan fingerprint density at radius 1 is 1.04 bits per heavy atom. The van der Waals surface area contributed by atoms with Crippen molar-refractivity contribution in [1.29, 1.82) is 0 Å². The summed E-state index contributed by atoms with van der Waals surface area (Å²) in [6, 6.07) is 15.7. The molecule has 0 saturated heterocycles. The number of hydrogen-bond donors (Lipinski definition) is 1. The molecule has 0 atom stereocenters. The lowest BCUT2D eigenvalue weighted by molar-refractivity contribution is -0.137. The van der Waals surface area contributed by atoms with Crippen molar-refractivity contribution in [2.75, 3.05) is 16.8 Å². The summed E-state index contributed by atoms with van der Waals surface area (Å²) in [5.41, 5.74) is 1.86. The van der Waals surface area contributed by atoms with Crippen LogP contribution in [0.25, 0.3) is 0 Å². The van der Waals surface area contributed by atoms with Crippen LogP contribution in [0, 0.1) is 0 Å². The minimum Gasteiger partial charge on any atom is -0.326 e. The van der Waals surface area contributed by atoms with Gasteiger partial charge in [0.2, 0.25) is 0 Å². The van der Waals surface area contributed by atoms with Crippen molar-refractivity contribution in [3.63, 3.8) is 0 Å². The fraction of sp³-hybridized carbons (Fsp3) is 0.143. The fourth-order valence-electron chi connectivity index (χ4n) is 3.26. The van der Waals surface area contributed by atoms with Crippen LogP contribution in [0.15, 0.2) is 66.9 Å². The van der Waals surface area contributed by atoms with Gasteiger partial charge in [-0.3, -0.25) is 4.79 Å². The third-order valence-electron chi connectivity index (χ3n) is 4.62. The largest absolute Gasteiger partial charge is 0.416 e. The average Bonchev–Trinajstić information content (AvgIpc) is 3.12. The maximum absolute atomic E-state index is 12.8. The van der Waals surface area contributed by atoms with Crippen molar-refractivity contribution in [3.05, 3.63) is 83.6 Å². The molecule has 1 N–H and O–H groups in total. The second kappa shape index (κ2) is 6.99. The fourth-order valence-corrected chi connectivity index (χ4v) is 3.26. The van der Waals surface area contributed by atoms with Crippen LogP contribution in [0.1, 0.15) is 21.5 Å². The van der Waals surface area contributed by atoms with E-state index in [0.717, 1.165) is 30.8 Å². The summed E-state index contributed by atoms with van der Waals surface area (Å²) in [4.78, 5) is 18.9. The summed E-state index contributed by atoms with van der Waals surface area (Å²) in [6.45, 7) is 0.755. The highest BCUT2D eigenvalue weighted by atomic mass is 19.4. The average molecular weight is 383 g/mol. The zero-order chi connectivity index (χ0) is 19.7. The third-order valence-corrected chi connectivity index (χ3v) is 4.62. The molecule has 0 radical (unpaired) electrons. The van der Waals surface area contributed by atoms with Crippen LogP contribution in [0.3, 0.4) is 0 Å². The molecule has 2 heterocycles. The number of nitrogens with zero attached hydrogens (tertiary/aromatic N) is 2. The van der Waals surface area contributed by atoms with Crippen LogP contribution < -0.4 is 10.2 Å². The minimum atomic E-state index is -4.46. The van der Waals surface area contributed by atoms with Gasteiger partial charge < -0.3 is 10.2 Å². The number of para-hydroxylation sites is 1. The van der Waals surface area contributed by atoms with Gasteiger partial charge in [0.15, 0.2) is 0 Å². The molecule has 1 aliphatic rings. The van der Waals surface area contributed by atoms with Crippen molar-refractivity contribution >= 4 is 23.1 Å². The highest BCUT2D eigenvalue weighted by Crippen LogP contribution is 2.33. The Bertz CT molecular complexity index is 1030. The molecule has 7 heteroatoms. The Hall–Kier alpha value is -3.35. The molecule has 142 valence electrons. The van der Waals surface area contributed by atoms with Crippen molar-refractivity contribution in [2.24, 2.45) is 0 Å². The zero-order valence-corrected chi connectivity index (χ0v) is 14.7. The highest BCUT2D eigenvalue weighted by molar-refractivity contribution is 6.04. The predicted molar refractivity (Wildman–Crippen MR) is 101 cm³/mol. The first-order valence-electron chi connectivity index (χ1n) is 8.72. The van der Waals surface area contributed by atoms with Crippen LogP contribution in [-0.2, 0) is 12.6 Å². The molecule has 3 aromatic rings. The van der Waals surface area contributed by atoms with Gasteiger partial charge in [-0.05, 0) is 48.4 Å². The van der Waals surface area contributed by atoms with Crippen molar-refractivity contribution in [1.82, 2.24) is 4.98 Å². The standard InChI is InChI=1S/C21H16F3N3O/c22-21(23,24)16-5-3-6-17(13-16)26-20(28)15-8-10-25-19(12-15)27-11-9-14-4-1-2-7-18(14)27/h1-8,10,12-13H,9,11H2,(H,26,28). The summed E-state index contributed by atoms with van der Waals surface area (Å²) in [7, 11) is 0. The van der Waals surface area contributed by atoms with E-state index in [1.807, 2.05) is 23.1 Å². The number of halogens is 3. The Kier molecular flexibility index (Phi) is 4.50. The number of amides is 1. The van der Waals surface area contributed by atoms with Crippen LogP contribution in [0.2, 0.25) is 0 Å². The van der Waals surface area contributed by atoms with Crippen LogP contribution in [-0.4, -0.2) is 17.4 Å². The number of fused-ring (bicyclic) bond motifs is 1. The normalized spacial score (nSPS) is 13.3. The first-order valence-corrected chi connectivity index (χ1v) is 8.72. The summed E-state index contributed by atoms with van der Waals surface area (Å²) in [5, 5.41) is 2.52. The molecular formula is C21H16F3N3O. The molecule has 0 bridgehead atoms. The van der Waals surface area contributed by atoms with E-state index >= 15 is 0 Å². The van der Waals surface area contributed by atoms with Gasteiger partial charge >= 0.3 is 6.18 Å². The van der Waals surface area contributed by atoms with Gasteiger partial charge in [-0.15, -0.1) is 0 Å². The Morgan fingerprint density at radius 2 is 1.86 bits per heavy atom. The molecule has 4 nitrogen and oxygen atoms in total. The number of aromatic nitrogens is 1. The monoisotopic (exact) mass is 383 g/mol. The van der Waals surface area contributed by atoms with E-state index in [1.165, 1.54) is 30.0 Å². The number of carbonyl (C=O) groups excluding carboxylic acids is 1. The number of alkyl halides is 3. The van der Waals surface area contributed by atoms with E-state index < -0.39 is 17.6 Å². The number of anilines is 3. The van der Waals surface area contributed by atoms with E-state index in [4.69, 9.17) is 0 Å². The molecule has 4 rings (SSSR count). The van der Waals surface area contributed by atoms with Crippen molar-refractivity contribution in [3.8, 4) is 0 Å². The molecule has 0 saturated carbocycles. The van der Waals surface area contributed by atoms with Crippen molar-refractivity contribution < 1.29 is 18.0 Å². The van der Waals surface area contributed by atoms with Gasteiger partial charge in [-0.2, -0.15) is 13.2 Å². The zero-order valence-electron chi connectivity index (χ0n) is 14.7. The molecule has 0 aliphatic carbocycles. The lowest BCUT2D eigenvalue weighted by atomic mass is 10.1. The molecule has 0 unspecified atom stereocenters. The number of hydrogen-bond acceptors (Lipinski definition) is 3. The molecule has 1 aromatic heterocycles. The van der Waals surface area contributed by atoms with E-state index in [2.05, 4.69) is 16.4 Å². The van der Waals surface area contributed by atoms with Crippen LogP contribution >= 0.6 is 0 Å². The second-order valence-corrected chi connectivity index (χ2v) is 6.47. The van der Waals surface area contributed by atoms with Crippen molar-refractivity contribution in [2.45, 2.75) is 12.6 Å². The minimum absolute atomic E-state index is 0.0877. The first kappa shape index (κ1) is 18.0. The van der Waals surface area contributed by atoms with Crippen LogP contribution in [0.5, 0.6) is 0 Å². The quantitative estimate of drug-likeness (QED) is 0.689. The molecule has 0 fully saturated rings. The number of nitrogens with one attached hydrogen (secondary N) is 1. The summed E-state index contributed by atoms with van der Waals surface area (Å²) < 4.78 is 38.5. The Balaban J connectivity index is 1.56. The van der Waals surface area contributed by atoms with E-state index in [-0.39, 0.29) is 5.69 Å². The summed E-state index contributed by atoms with van der Waals surface area (Å²) >= 11 is 0. The van der Waals surface area contributed by atoms with Gasteiger partial charge in [0.1, 0.15) is 5.82 Å². The maximum atomic E-state index is 12.8.